The Morgan fingerprint density at radius 3 is 2.54 bits per heavy atom. The molecule has 1 aliphatic carbocycles. The van der Waals surface area contributed by atoms with E-state index in [1.54, 1.807) is 32.4 Å². The van der Waals surface area contributed by atoms with Crippen LogP contribution in [0.4, 0.5) is 4.79 Å². The summed E-state index contributed by atoms with van der Waals surface area (Å²) in [7, 11) is 3.11. The third kappa shape index (κ3) is 5.30. The molecule has 2 amide bonds. The maximum absolute atomic E-state index is 12.0. The van der Waals surface area contributed by atoms with Crippen molar-refractivity contribution in [3.8, 4) is 11.5 Å². The highest BCUT2D eigenvalue weighted by Crippen LogP contribution is 2.29. The van der Waals surface area contributed by atoms with Crippen molar-refractivity contribution >= 4 is 6.03 Å². The molecule has 1 atom stereocenters. The van der Waals surface area contributed by atoms with E-state index in [4.69, 9.17) is 9.47 Å². The molecule has 24 heavy (non-hydrogen) atoms. The second kappa shape index (κ2) is 9.37. The lowest BCUT2D eigenvalue weighted by atomic mass is 10.1. The van der Waals surface area contributed by atoms with Crippen molar-refractivity contribution in [1.82, 2.24) is 10.6 Å². The van der Waals surface area contributed by atoms with Crippen molar-refractivity contribution in [3.05, 3.63) is 23.8 Å². The molecular weight excluding hydrogens is 308 g/mol. The van der Waals surface area contributed by atoms with E-state index in [1.165, 1.54) is 12.8 Å². The minimum atomic E-state index is -0.866. The predicted molar refractivity (Wildman–Crippen MR) is 92.5 cm³/mol. The number of ether oxygens (including phenoxy) is 2. The molecule has 1 unspecified atom stereocenters. The fourth-order valence-electron chi connectivity index (χ4n) is 3.06. The third-order valence-corrected chi connectivity index (χ3v) is 4.44. The number of nitrogens with one attached hydrogen (secondary N) is 2. The molecule has 0 spiro atoms. The predicted octanol–water partition coefficient (Wildman–Crippen LogP) is 2.76. The molecule has 1 aromatic rings. The molecule has 0 aliphatic heterocycles. The van der Waals surface area contributed by atoms with Crippen LogP contribution in [0.15, 0.2) is 18.2 Å². The molecule has 1 saturated carbocycles. The van der Waals surface area contributed by atoms with Crippen molar-refractivity contribution in [2.24, 2.45) is 0 Å². The van der Waals surface area contributed by atoms with Crippen LogP contribution in [0.3, 0.4) is 0 Å². The maximum atomic E-state index is 12.0. The molecule has 2 rings (SSSR count). The Labute approximate surface area is 143 Å². The monoisotopic (exact) mass is 336 g/mol. The van der Waals surface area contributed by atoms with Crippen LogP contribution in [-0.2, 0) is 0 Å². The molecule has 0 bridgehead atoms. The minimum Gasteiger partial charge on any atom is -0.497 e. The number of benzene rings is 1. The number of hydrogen-bond acceptors (Lipinski definition) is 4. The molecule has 6 heteroatoms. The zero-order chi connectivity index (χ0) is 17.4. The SMILES string of the molecule is COc1ccc(OC)c(C(O)CNC(=O)NC2CCCCCC2)c1. The van der Waals surface area contributed by atoms with Gasteiger partial charge in [0.2, 0.25) is 0 Å². The normalized spacial score (nSPS) is 16.8. The second-order valence-corrected chi connectivity index (χ2v) is 6.17. The first-order valence-corrected chi connectivity index (χ1v) is 8.58. The molecule has 1 aromatic carbocycles. The van der Waals surface area contributed by atoms with Gasteiger partial charge in [0.1, 0.15) is 17.6 Å². The number of amides is 2. The minimum absolute atomic E-state index is 0.113. The van der Waals surface area contributed by atoms with Gasteiger partial charge in [-0.2, -0.15) is 0 Å². The average Bonchev–Trinajstić information content (AvgIpc) is 2.87. The maximum Gasteiger partial charge on any atom is 0.315 e. The molecule has 6 nitrogen and oxygen atoms in total. The summed E-state index contributed by atoms with van der Waals surface area (Å²) in [5.74, 6) is 1.20. The van der Waals surface area contributed by atoms with Crippen LogP contribution in [0.5, 0.6) is 11.5 Å². The first kappa shape index (κ1) is 18.4. The van der Waals surface area contributed by atoms with E-state index in [0.717, 1.165) is 25.7 Å². The molecule has 1 fully saturated rings. The summed E-state index contributed by atoms with van der Waals surface area (Å²) in [6.07, 6.45) is 6.00. The Balaban J connectivity index is 1.87. The Morgan fingerprint density at radius 2 is 1.92 bits per heavy atom. The number of methoxy groups -OCH3 is 2. The molecule has 3 N–H and O–H groups in total. The lowest BCUT2D eigenvalue weighted by molar-refractivity contribution is 0.168. The van der Waals surface area contributed by atoms with Gasteiger partial charge in [-0.3, -0.25) is 0 Å². The second-order valence-electron chi connectivity index (χ2n) is 6.17. The van der Waals surface area contributed by atoms with Gasteiger partial charge in [-0.15, -0.1) is 0 Å². The van der Waals surface area contributed by atoms with Gasteiger partial charge in [-0.25, -0.2) is 4.79 Å². The number of carbonyl (C=O) groups is 1. The number of aliphatic hydroxyl groups is 1. The van der Waals surface area contributed by atoms with Crippen LogP contribution < -0.4 is 20.1 Å². The van der Waals surface area contributed by atoms with Gasteiger partial charge in [0.25, 0.3) is 0 Å². The van der Waals surface area contributed by atoms with E-state index >= 15 is 0 Å². The van der Waals surface area contributed by atoms with Crippen molar-refractivity contribution in [1.29, 1.82) is 0 Å². The van der Waals surface area contributed by atoms with Crippen molar-refractivity contribution < 1.29 is 19.4 Å². The van der Waals surface area contributed by atoms with Crippen molar-refractivity contribution in [2.45, 2.75) is 50.7 Å². The summed E-state index contributed by atoms with van der Waals surface area (Å²) >= 11 is 0. The fraction of sp³-hybridized carbons (Fsp3) is 0.611. The molecule has 134 valence electrons. The highest BCUT2D eigenvalue weighted by molar-refractivity contribution is 5.74. The number of hydrogen-bond donors (Lipinski definition) is 3. The number of aliphatic hydroxyl groups excluding tert-OH is 1. The van der Waals surface area contributed by atoms with Crippen molar-refractivity contribution in [2.75, 3.05) is 20.8 Å². The summed E-state index contributed by atoms with van der Waals surface area (Å²) in [5, 5.41) is 16.1. The standard InChI is InChI=1S/C18H28N2O4/c1-23-14-9-10-17(24-2)15(11-14)16(21)12-19-18(22)20-13-7-5-3-4-6-8-13/h9-11,13,16,21H,3-8,12H2,1-2H3,(H2,19,20,22). The van der Waals surface area contributed by atoms with E-state index in [9.17, 15) is 9.90 Å². The molecule has 0 saturated heterocycles. The molecule has 1 aliphatic rings. The first-order valence-electron chi connectivity index (χ1n) is 8.58. The zero-order valence-corrected chi connectivity index (χ0v) is 14.5. The summed E-state index contributed by atoms with van der Waals surface area (Å²) < 4.78 is 10.4. The van der Waals surface area contributed by atoms with Crippen LogP contribution >= 0.6 is 0 Å². The van der Waals surface area contributed by atoms with E-state index in [0.29, 0.717) is 17.1 Å². The van der Waals surface area contributed by atoms with E-state index in [1.807, 2.05) is 0 Å². The first-order chi connectivity index (χ1) is 11.6. The van der Waals surface area contributed by atoms with Gasteiger partial charge < -0.3 is 25.2 Å². The van der Waals surface area contributed by atoms with Crippen LogP contribution in [0, 0.1) is 0 Å². The summed E-state index contributed by atoms with van der Waals surface area (Å²) in [4.78, 5) is 12.0. The van der Waals surface area contributed by atoms with Crippen LogP contribution in [0.1, 0.15) is 50.2 Å². The summed E-state index contributed by atoms with van der Waals surface area (Å²) in [5.41, 5.74) is 0.589. The van der Waals surface area contributed by atoms with Gasteiger partial charge in [0.05, 0.1) is 14.2 Å². The zero-order valence-electron chi connectivity index (χ0n) is 14.5. The van der Waals surface area contributed by atoms with Gasteiger partial charge in [0, 0.05) is 18.2 Å². The molecule has 0 aromatic heterocycles. The van der Waals surface area contributed by atoms with Crippen molar-refractivity contribution in [3.63, 3.8) is 0 Å². The summed E-state index contributed by atoms with van der Waals surface area (Å²) in [6, 6.07) is 5.22. The van der Waals surface area contributed by atoms with Gasteiger partial charge in [0.15, 0.2) is 0 Å². The Hall–Kier alpha value is -1.95. The summed E-state index contributed by atoms with van der Waals surface area (Å²) in [6.45, 7) is 0.113. The van der Waals surface area contributed by atoms with Gasteiger partial charge in [-0.05, 0) is 31.0 Å². The molecule has 0 heterocycles. The number of rotatable bonds is 6. The number of urea groups is 1. The topological polar surface area (TPSA) is 79.8 Å². The van der Waals surface area contributed by atoms with Crippen LogP contribution in [-0.4, -0.2) is 37.9 Å². The molecule has 0 radical (unpaired) electrons. The van der Waals surface area contributed by atoms with E-state index in [2.05, 4.69) is 10.6 Å². The quantitative estimate of drug-likeness (QED) is 0.698. The van der Waals surface area contributed by atoms with Crippen LogP contribution in [0.2, 0.25) is 0 Å². The Bertz CT molecular complexity index is 528. The van der Waals surface area contributed by atoms with Gasteiger partial charge in [-0.1, -0.05) is 25.7 Å². The lowest BCUT2D eigenvalue weighted by Gasteiger charge is -2.19. The van der Waals surface area contributed by atoms with E-state index < -0.39 is 6.10 Å². The highest BCUT2D eigenvalue weighted by atomic mass is 16.5. The lowest BCUT2D eigenvalue weighted by Crippen LogP contribution is -2.43. The fourth-order valence-corrected chi connectivity index (χ4v) is 3.06. The Morgan fingerprint density at radius 1 is 1.21 bits per heavy atom. The van der Waals surface area contributed by atoms with E-state index in [-0.39, 0.29) is 18.6 Å². The average molecular weight is 336 g/mol. The van der Waals surface area contributed by atoms with Crippen LogP contribution in [0.25, 0.3) is 0 Å². The number of carbonyl (C=O) groups excluding carboxylic acids is 1. The molecular formula is C18H28N2O4. The third-order valence-electron chi connectivity index (χ3n) is 4.44. The van der Waals surface area contributed by atoms with Gasteiger partial charge >= 0.3 is 6.03 Å². The largest absolute Gasteiger partial charge is 0.497 e. The highest BCUT2D eigenvalue weighted by Gasteiger charge is 2.18. The smallest absolute Gasteiger partial charge is 0.315 e. The Kier molecular flexibility index (Phi) is 7.18.